The number of phenols is 1. The highest BCUT2D eigenvalue weighted by Gasteiger charge is 2.23. The van der Waals surface area contributed by atoms with Crippen molar-refractivity contribution in [3.63, 3.8) is 0 Å². The fourth-order valence-electron chi connectivity index (χ4n) is 1.76. The molecule has 1 aliphatic rings. The molecule has 2 rings (SSSR count). The van der Waals surface area contributed by atoms with Crippen LogP contribution in [-0.4, -0.2) is 22.5 Å². The largest absolute Gasteiger partial charge is 0.508 e. The van der Waals surface area contributed by atoms with Crippen LogP contribution in [0.3, 0.4) is 0 Å². The van der Waals surface area contributed by atoms with Gasteiger partial charge in [-0.3, -0.25) is 14.9 Å². The lowest BCUT2D eigenvalue weighted by atomic mass is 10.1. The van der Waals surface area contributed by atoms with Crippen LogP contribution in [0.25, 0.3) is 0 Å². The minimum Gasteiger partial charge on any atom is -0.508 e. The van der Waals surface area contributed by atoms with E-state index in [1.807, 2.05) is 0 Å². The van der Waals surface area contributed by atoms with Crippen LogP contribution in [0.4, 0.5) is 5.69 Å². The highest BCUT2D eigenvalue weighted by molar-refractivity contribution is 5.98. The second-order valence-corrected chi connectivity index (χ2v) is 4.45. The summed E-state index contributed by atoms with van der Waals surface area (Å²) in [7, 11) is 0. The number of nitrogens with zero attached hydrogens (tertiary/aromatic N) is 1. The summed E-state index contributed by atoms with van der Waals surface area (Å²) in [5.41, 5.74) is -0.396. The van der Waals surface area contributed by atoms with Crippen molar-refractivity contribution in [3.05, 3.63) is 33.9 Å². The van der Waals surface area contributed by atoms with Crippen molar-refractivity contribution in [2.75, 3.05) is 6.54 Å². The lowest BCUT2D eigenvalue weighted by Crippen LogP contribution is -2.25. The zero-order valence-electron chi connectivity index (χ0n) is 9.76. The standard InChI is InChI=1S/C12H14N2O4/c15-9-3-4-11(14(17)18)10(7-9)12(16)13-6-5-8-1-2-8/h3-4,7-8,15H,1-2,5-6H2,(H,13,16). The molecule has 2 N–H and O–H groups in total. The maximum Gasteiger partial charge on any atom is 0.282 e. The average molecular weight is 250 g/mol. The Morgan fingerprint density at radius 1 is 1.50 bits per heavy atom. The molecule has 96 valence electrons. The summed E-state index contributed by atoms with van der Waals surface area (Å²) in [6, 6.07) is 3.44. The summed E-state index contributed by atoms with van der Waals surface area (Å²) >= 11 is 0. The van der Waals surface area contributed by atoms with Gasteiger partial charge in [-0.2, -0.15) is 0 Å². The van der Waals surface area contributed by atoms with Crippen molar-refractivity contribution in [2.24, 2.45) is 5.92 Å². The number of nitro groups is 1. The van der Waals surface area contributed by atoms with E-state index >= 15 is 0 Å². The van der Waals surface area contributed by atoms with E-state index in [2.05, 4.69) is 5.32 Å². The molecule has 0 saturated heterocycles. The maximum atomic E-state index is 11.8. The SMILES string of the molecule is O=C(NCCC1CC1)c1cc(O)ccc1[N+](=O)[O-]. The number of carbonyl (C=O) groups excluding carboxylic acids is 1. The van der Waals surface area contributed by atoms with Crippen LogP contribution < -0.4 is 5.32 Å². The molecule has 0 heterocycles. The Kier molecular flexibility index (Phi) is 3.45. The third-order valence-corrected chi connectivity index (χ3v) is 2.96. The van der Waals surface area contributed by atoms with Crippen molar-refractivity contribution in [2.45, 2.75) is 19.3 Å². The zero-order chi connectivity index (χ0) is 13.1. The quantitative estimate of drug-likeness (QED) is 0.616. The van der Waals surface area contributed by atoms with E-state index in [0.717, 1.165) is 18.6 Å². The van der Waals surface area contributed by atoms with Crippen molar-refractivity contribution >= 4 is 11.6 Å². The van der Waals surface area contributed by atoms with E-state index in [-0.39, 0.29) is 17.0 Å². The van der Waals surface area contributed by atoms with Crippen molar-refractivity contribution < 1.29 is 14.8 Å². The van der Waals surface area contributed by atoms with Gasteiger partial charge in [-0.05, 0) is 24.5 Å². The van der Waals surface area contributed by atoms with Gasteiger partial charge >= 0.3 is 0 Å². The number of nitrogens with one attached hydrogen (secondary N) is 1. The van der Waals surface area contributed by atoms with Gasteiger partial charge in [0.25, 0.3) is 11.6 Å². The van der Waals surface area contributed by atoms with E-state index in [1.165, 1.54) is 18.9 Å². The van der Waals surface area contributed by atoms with Gasteiger partial charge in [0.1, 0.15) is 11.3 Å². The molecule has 0 spiro atoms. The number of nitro benzene ring substituents is 1. The second-order valence-electron chi connectivity index (χ2n) is 4.45. The first-order valence-electron chi connectivity index (χ1n) is 5.83. The van der Waals surface area contributed by atoms with Crippen LogP contribution in [0.15, 0.2) is 18.2 Å². The summed E-state index contributed by atoms with van der Waals surface area (Å²) in [6.45, 7) is 0.510. The molecule has 1 fully saturated rings. The first-order chi connectivity index (χ1) is 8.58. The van der Waals surface area contributed by atoms with Crippen LogP contribution in [0.2, 0.25) is 0 Å². The molecular weight excluding hydrogens is 236 g/mol. The summed E-state index contributed by atoms with van der Waals surface area (Å²) in [6.07, 6.45) is 3.29. The van der Waals surface area contributed by atoms with E-state index in [1.54, 1.807) is 0 Å². The molecule has 6 heteroatoms. The molecule has 18 heavy (non-hydrogen) atoms. The number of hydrogen-bond acceptors (Lipinski definition) is 4. The predicted octanol–water partition coefficient (Wildman–Crippen LogP) is 1.83. The molecule has 6 nitrogen and oxygen atoms in total. The fourth-order valence-corrected chi connectivity index (χ4v) is 1.76. The number of aromatic hydroxyl groups is 1. The van der Waals surface area contributed by atoms with Gasteiger partial charge in [0.15, 0.2) is 0 Å². The minimum absolute atomic E-state index is 0.101. The van der Waals surface area contributed by atoms with Crippen LogP contribution >= 0.6 is 0 Å². The van der Waals surface area contributed by atoms with Crippen molar-refractivity contribution in [3.8, 4) is 5.75 Å². The summed E-state index contributed by atoms with van der Waals surface area (Å²) in [4.78, 5) is 21.9. The van der Waals surface area contributed by atoms with Crippen LogP contribution in [0.5, 0.6) is 5.75 Å². The van der Waals surface area contributed by atoms with Gasteiger partial charge in [0.2, 0.25) is 0 Å². The lowest BCUT2D eigenvalue weighted by molar-refractivity contribution is -0.385. The van der Waals surface area contributed by atoms with Crippen LogP contribution in [-0.2, 0) is 0 Å². The van der Waals surface area contributed by atoms with Crippen LogP contribution in [0, 0.1) is 16.0 Å². The Balaban J connectivity index is 2.06. The van der Waals surface area contributed by atoms with Gasteiger partial charge in [-0.25, -0.2) is 0 Å². The number of phenolic OH excluding ortho intramolecular Hbond substituents is 1. The molecule has 0 aliphatic heterocycles. The van der Waals surface area contributed by atoms with E-state index in [9.17, 15) is 20.0 Å². The molecule has 1 aliphatic carbocycles. The fraction of sp³-hybridized carbons (Fsp3) is 0.417. The second kappa shape index (κ2) is 5.03. The molecular formula is C12H14N2O4. The highest BCUT2D eigenvalue weighted by Crippen LogP contribution is 2.31. The lowest BCUT2D eigenvalue weighted by Gasteiger charge is -2.05. The smallest absolute Gasteiger partial charge is 0.282 e. The number of benzene rings is 1. The summed E-state index contributed by atoms with van der Waals surface area (Å²) in [5.74, 6) is 0.00987. The van der Waals surface area contributed by atoms with Crippen molar-refractivity contribution in [1.82, 2.24) is 5.32 Å². The molecule has 1 saturated carbocycles. The number of hydrogen-bond donors (Lipinski definition) is 2. The Bertz CT molecular complexity index is 483. The Hall–Kier alpha value is -2.11. The van der Waals surface area contributed by atoms with Gasteiger partial charge in [0.05, 0.1) is 4.92 Å². The molecule has 0 radical (unpaired) electrons. The molecule has 0 bridgehead atoms. The average Bonchev–Trinajstić information content (AvgIpc) is 3.12. The van der Waals surface area contributed by atoms with Gasteiger partial charge in [-0.1, -0.05) is 12.8 Å². The van der Waals surface area contributed by atoms with Crippen LogP contribution in [0.1, 0.15) is 29.6 Å². The first kappa shape index (κ1) is 12.3. The summed E-state index contributed by atoms with van der Waals surface area (Å²) < 4.78 is 0. The molecule has 1 aromatic rings. The first-order valence-corrected chi connectivity index (χ1v) is 5.83. The topological polar surface area (TPSA) is 92.5 Å². The molecule has 1 amide bonds. The zero-order valence-corrected chi connectivity index (χ0v) is 9.76. The van der Waals surface area contributed by atoms with Gasteiger partial charge < -0.3 is 10.4 Å². The number of carbonyl (C=O) groups is 1. The minimum atomic E-state index is -0.630. The Morgan fingerprint density at radius 3 is 2.83 bits per heavy atom. The third-order valence-electron chi connectivity index (χ3n) is 2.96. The third kappa shape index (κ3) is 2.97. The Morgan fingerprint density at radius 2 is 2.22 bits per heavy atom. The highest BCUT2D eigenvalue weighted by atomic mass is 16.6. The van der Waals surface area contributed by atoms with Gasteiger partial charge in [-0.15, -0.1) is 0 Å². The molecule has 0 unspecified atom stereocenters. The normalized spacial score (nSPS) is 14.2. The van der Waals surface area contributed by atoms with Gasteiger partial charge in [0, 0.05) is 12.6 Å². The monoisotopic (exact) mass is 250 g/mol. The predicted molar refractivity (Wildman–Crippen MR) is 64.4 cm³/mol. The number of rotatable bonds is 5. The summed E-state index contributed by atoms with van der Waals surface area (Å²) in [5, 5.41) is 22.7. The van der Waals surface area contributed by atoms with E-state index in [4.69, 9.17) is 0 Å². The molecule has 0 atom stereocenters. The van der Waals surface area contributed by atoms with E-state index < -0.39 is 10.8 Å². The van der Waals surface area contributed by atoms with Crippen molar-refractivity contribution in [1.29, 1.82) is 0 Å². The Labute approximate surface area is 104 Å². The molecule has 0 aromatic heterocycles. The maximum absolute atomic E-state index is 11.8. The van der Waals surface area contributed by atoms with E-state index in [0.29, 0.717) is 12.5 Å². The number of amides is 1. The molecule has 1 aromatic carbocycles.